The van der Waals surface area contributed by atoms with Crippen LogP contribution in [0.3, 0.4) is 0 Å². The van der Waals surface area contributed by atoms with Crippen LogP contribution >= 0.6 is 0 Å². The van der Waals surface area contributed by atoms with Gasteiger partial charge < -0.3 is 16.8 Å². The first-order chi connectivity index (χ1) is 9.22. The highest BCUT2D eigenvalue weighted by atomic mass is 15.0. The number of anilines is 3. The van der Waals surface area contributed by atoms with Gasteiger partial charge in [-0.05, 0) is 36.6 Å². The average Bonchev–Trinajstić information content (AvgIpc) is 2.89. The molecule has 5 heteroatoms. The molecule has 0 fully saturated rings. The van der Waals surface area contributed by atoms with Crippen molar-refractivity contribution in [1.82, 2.24) is 9.97 Å². The Morgan fingerprint density at radius 1 is 1.21 bits per heavy atom. The molecule has 19 heavy (non-hydrogen) atoms. The Labute approximate surface area is 111 Å². The molecule has 0 amide bonds. The van der Waals surface area contributed by atoms with Crippen molar-refractivity contribution in [1.29, 1.82) is 0 Å². The lowest BCUT2D eigenvalue weighted by Gasteiger charge is -2.06. The number of allylic oxidation sites excluding steroid dienone is 3. The van der Waals surface area contributed by atoms with E-state index in [-0.39, 0.29) is 5.95 Å². The Morgan fingerprint density at radius 3 is 2.89 bits per heavy atom. The molecule has 1 aromatic heterocycles. The van der Waals surface area contributed by atoms with E-state index in [1.165, 1.54) is 5.57 Å². The summed E-state index contributed by atoms with van der Waals surface area (Å²) in [5.41, 5.74) is 14.4. The second kappa shape index (κ2) is 4.61. The first-order valence-corrected chi connectivity index (χ1v) is 6.17. The summed E-state index contributed by atoms with van der Waals surface area (Å²) in [4.78, 5) is 8.12. The van der Waals surface area contributed by atoms with Crippen LogP contribution in [0.5, 0.6) is 0 Å². The molecule has 0 unspecified atom stereocenters. The molecule has 96 valence electrons. The van der Waals surface area contributed by atoms with Gasteiger partial charge in [0.2, 0.25) is 5.95 Å². The topological polar surface area (TPSA) is 89.8 Å². The molecular formula is C14H15N5. The van der Waals surface area contributed by atoms with E-state index >= 15 is 0 Å². The van der Waals surface area contributed by atoms with Gasteiger partial charge in [0.05, 0.1) is 5.52 Å². The predicted molar refractivity (Wildman–Crippen MR) is 78.4 cm³/mol. The van der Waals surface area contributed by atoms with Crippen LogP contribution in [0.25, 0.3) is 10.9 Å². The largest absolute Gasteiger partial charge is 0.383 e. The van der Waals surface area contributed by atoms with Crippen molar-refractivity contribution >= 4 is 28.4 Å². The third-order valence-electron chi connectivity index (χ3n) is 3.10. The molecule has 5 nitrogen and oxygen atoms in total. The molecule has 0 atom stereocenters. The summed E-state index contributed by atoms with van der Waals surface area (Å²) >= 11 is 0. The summed E-state index contributed by atoms with van der Waals surface area (Å²) in [5.74, 6) is 0.600. The summed E-state index contributed by atoms with van der Waals surface area (Å²) in [7, 11) is 0. The van der Waals surface area contributed by atoms with Crippen molar-refractivity contribution in [2.75, 3.05) is 16.8 Å². The molecule has 1 aliphatic rings. The van der Waals surface area contributed by atoms with Crippen molar-refractivity contribution < 1.29 is 0 Å². The number of fused-ring (bicyclic) bond motifs is 1. The number of nitrogen functional groups attached to an aromatic ring is 2. The number of hydrogen-bond donors (Lipinski definition) is 3. The summed E-state index contributed by atoms with van der Waals surface area (Å²) < 4.78 is 0. The van der Waals surface area contributed by atoms with Gasteiger partial charge in [0.15, 0.2) is 0 Å². The third-order valence-corrected chi connectivity index (χ3v) is 3.10. The van der Waals surface area contributed by atoms with E-state index in [2.05, 4.69) is 27.4 Å². The SMILES string of the molecule is Nc1nc(N)c2cc(N/C=C3\C=CCC3)ccc2n1. The van der Waals surface area contributed by atoms with Crippen LogP contribution in [0.1, 0.15) is 12.8 Å². The first-order valence-electron chi connectivity index (χ1n) is 6.17. The van der Waals surface area contributed by atoms with E-state index in [0.29, 0.717) is 5.82 Å². The number of nitrogens with one attached hydrogen (secondary N) is 1. The van der Waals surface area contributed by atoms with Gasteiger partial charge in [-0.25, -0.2) is 4.98 Å². The highest BCUT2D eigenvalue weighted by Gasteiger charge is 2.04. The lowest BCUT2D eigenvalue weighted by molar-refractivity contribution is 1.06. The zero-order chi connectivity index (χ0) is 13.2. The van der Waals surface area contributed by atoms with E-state index in [0.717, 1.165) is 29.4 Å². The third kappa shape index (κ3) is 2.35. The van der Waals surface area contributed by atoms with Gasteiger partial charge in [-0.3, -0.25) is 0 Å². The van der Waals surface area contributed by atoms with Gasteiger partial charge >= 0.3 is 0 Å². The fourth-order valence-electron chi connectivity index (χ4n) is 2.12. The van der Waals surface area contributed by atoms with Gasteiger partial charge in [-0.2, -0.15) is 4.98 Å². The van der Waals surface area contributed by atoms with Gasteiger partial charge in [-0.15, -0.1) is 0 Å². The van der Waals surface area contributed by atoms with Gasteiger partial charge in [0.1, 0.15) is 5.82 Å². The summed E-state index contributed by atoms with van der Waals surface area (Å²) in [5, 5.41) is 4.07. The highest BCUT2D eigenvalue weighted by molar-refractivity contribution is 5.91. The number of nitrogens with two attached hydrogens (primary N) is 2. The Hall–Kier alpha value is -2.56. The van der Waals surface area contributed by atoms with Crippen LogP contribution in [-0.4, -0.2) is 9.97 Å². The molecular weight excluding hydrogens is 238 g/mol. The molecule has 0 bridgehead atoms. The van der Waals surface area contributed by atoms with Gasteiger partial charge in [-0.1, -0.05) is 12.2 Å². The summed E-state index contributed by atoms with van der Waals surface area (Å²) in [6.07, 6.45) is 8.52. The van der Waals surface area contributed by atoms with Gasteiger partial charge in [0, 0.05) is 17.3 Å². The Balaban J connectivity index is 1.93. The zero-order valence-electron chi connectivity index (χ0n) is 10.4. The maximum Gasteiger partial charge on any atom is 0.222 e. The normalized spacial score (nSPS) is 16.3. The molecule has 1 aliphatic carbocycles. The van der Waals surface area contributed by atoms with Crippen molar-refractivity contribution in [3.05, 3.63) is 42.1 Å². The van der Waals surface area contributed by atoms with E-state index in [9.17, 15) is 0 Å². The molecule has 0 radical (unpaired) electrons. The van der Waals surface area contributed by atoms with Crippen LogP contribution in [-0.2, 0) is 0 Å². The number of hydrogen-bond acceptors (Lipinski definition) is 5. The van der Waals surface area contributed by atoms with Crippen molar-refractivity contribution in [2.45, 2.75) is 12.8 Å². The number of rotatable bonds is 2. The van der Waals surface area contributed by atoms with Crippen LogP contribution in [0, 0.1) is 0 Å². The van der Waals surface area contributed by atoms with Crippen molar-refractivity contribution in [3.8, 4) is 0 Å². The molecule has 3 rings (SSSR count). The second-order valence-electron chi connectivity index (χ2n) is 4.50. The van der Waals surface area contributed by atoms with E-state index < -0.39 is 0 Å². The molecule has 1 heterocycles. The molecule has 0 aliphatic heterocycles. The maximum atomic E-state index is 5.86. The first kappa shape index (κ1) is 11.5. The Morgan fingerprint density at radius 2 is 2.11 bits per heavy atom. The Bertz CT molecular complexity index is 688. The van der Waals surface area contributed by atoms with Crippen LogP contribution in [0.15, 0.2) is 42.1 Å². The molecule has 0 saturated carbocycles. The van der Waals surface area contributed by atoms with E-state index in [4.69, 9.17) is 11.5 Å². The minimum absolute atomic E-state index is 0.198. The molecule has 5 N–H and O–H groups in total. The minimum Gasteiger partial charge on any atom is -0.383 e. The number of aromatic nitrogens is 2. The lowest BCUT2D eigenvalue weighted by atomic mass is 10.2. The zero-order valence-corrected chi connectivity index (χ0v) is 10.4. The maximum absolute atomic E-state index is 5.86. The fourth-order valence-corrected chi connectivity index (χ4v) is 2.12. The van der Waals surface area contributed by atoms with E-state index in [1.54, 1.807) is 0 Å². The molecule has 0 saturated heterocycles. The van der Waals surface area contributed by atoms with Crippen molar-refractivity contribution in [3.63, 3.8) is 0 Å². The summed E-state index contributed by atoms with van der Waals surface area (Å²) in [6.45, 7) is 0. The van der Waals surface area contributed by atoms with E-state index in [1.807, 2.05) is 24.4 Å². The fraction of sp³-hybridized carbons (Fsp3) is 0.143. The Kier molecular flexibility index (Phi) is 2.79. The smallest absolute Gasteiger partial charge is 0.222 e. The monoisotopic (exact) mass is 253 g/mol. The standard InChI is InChI=1S/C14H15N5/c15-13-11-7-10(17-8-9-3-1-2-4-9)5-6-12(11)18-14(16)19-13/h1,3,5-8,17H,2,4H2,(H4,15,16,18,19)/b9-8+. The molecule has 1 aromatic carbocycles. The number of nitrogens with zero attached hydrogens (tertiary/aromatic N) is 2. The van der Waals surface area contributed by atoms with Crippen LogP contribution < -0.4 is 16.8 Å². The predicted octanol–water partition coefficient (Wildman–Crippen LogP) is 2.44. The molecule has 0 spiro atoms. The van der Waals surface area contributed by atoms with Crippen LogP contribution in [0.4, 0.5) is 17.5 Å². The van der Waals surface area contributed by atoms with Crippen LogP contribution in [0.2, 0.25) is 0 Å². The minimum atomic E-state index is 0.198. The second-order valence-corrected chi connectivity index (χ2v) is 4.50. The highest BCUT2D eigenvalue weighted by Crippen LogP contribution is 2.23. The summed E-state index contributed by atoms with van der Waals surface area (Å²) in [6, 6.07) is 5.76. The van der Waals surface area contributed by atoms with Gasteiger partial charge in [0.25, 0.3) is 0 Å². The average molecular weight is 253 g/mol. The van der Waals surface area contributed by atoms with Crippen molar-refractivity contribution in [2.24, 2.45) is 0 Å². The molecule has 2 aromatic rings. The lowest BCUT2D eigenvalue weighted by Crippen LogP contribution is -2.00. The quantitative estimate of drug-likeness (QED) is 0.764. The number of benzene rings is 1.